The van der Waals surface area contributed by atoms with Crippen LogP contribution >= 0.6 is 0 Å². The van der Waals surface area contributed by atoms with E-state index in [1.807, 2.05) is 6.07 Å². The Morgan fingerprint density at radius 1 is 1.34 bits per heavy atom. The first-order valence-electron chi connectivity index (χ1n) is 10.8. The third-order valence-electron chi connectivity index (χ3n) is 6.24. The van der Waals surface area contributed by atoms with E-state index < -0.39 is 18.7 Å². The zero-order valence-corrected chi connectivity index (χ0v) is 18.0. The average molecular weight is 403 g/mol. The first-order valence-corrected chi connectivity index (χ1v) is 10.8. The molecule has 2 aliphatic rings. The maximum atomic E-state index is 12.3. The SMILES string of the molecule is CCCCCc1cc(OC(=O)[C@@H](O)CO)c2c(c1)OC(C)(C)[C@@H]1CCC(C)=C[C@@H]21. The van der Waals surface area contributed by atoms with Crippen LogP contribution < -0.4 is 9.47 Å². The smallest absolute Gasteiger partial charge is 0.342 e. The molecule has 1 aromatic rings. The lowest BCUT2D eigenvalue weighted by atomic mass is 9.68. The van der Waals surface area contributed by atoms with Crippen molar-refractivity contribution in [2.24, 2.45) is 5.92 Å². The third-order valence-corrected chi connectivity index (χ3v) is 6.24. The van der Waals surface area contributed by atoms with Gasteiger partial charge in [0.25, 0.3) is 0 Å². The zero-order valence-electron chi connectivity index (χ0n) is 18.0. The molecule has 0 unspecified atom stereocenters. The van der Waals surface area contributed by atoms with Crippen LogP contribution in [0.1, 0.15) is 76.8 Å². The van der Waals surface area contributed by atoms with E-state index in [9.17, 15) is 9.90 Å². The molecule has 3 atom stereocenters. The van der Waals surface area contributed by atoms with Crippen molar-refractivity contribution in [3.8, 4) is 11.5 Å². The summed E-state index contributed by atoms with van der Waals surface area (Å²) in [6, 6.07) is 3.99. The van der Waals surface area contributed by atoms with Crippen molar-refractivity contribution < 1.29 is 24.5 Å². The number of ether oxygens (including phenoxy) is 2. The second-order valence-electron chi connectivity index (χ2n) is 8.97. The summed E-state index contributed by atoms with van der Waals surface area (Å²) < 4.78 is 12.1. The minimum absolute atomic E-state index is 0.0984. The molecule has 5 nitrogen and oxygen atoms in total. The molecule has 0 aromatic heterocycles. The molecule has 0 radical (unpaired) electrons. The molecule has 0 bridgehead atoms. The lowest BCUT2D eigenvalue weighted by Crippen LogP contribution is -2.45. The highest BCUT2D eigenvalue weighted by Crippen LogP contribution is 2.53. The van der Waals surface area contributed by atoms with Crippen molar-refractivity contribution in [1.29, 1.82) is 0 Å². The largest absolute Gasteiger partial charge is 0.487 e. The summed E-state index contributed by atoms with van der Waals surface area (Å²) in [5, 5.41) is 18.8. The summed E-state index contributed by atoms with van der Waals surface area (Å²) in [6.45, 7) is 7.91. The van der Waals surface area contributed by atoms with Crippen LogP contribution in [0.15, 0.2) is 23.8 Å². The standard InChI is InChI=1S/C24H34O5/c1-5-6-7-8-16-12-20(28-23(27)19(26)14-25)22-17-11-15(2)9-10-18(17)24(3,4)29-21(22)13-16/h11-13,17-19,25-26H,5-10,14H2,1-4H3/t17-,18-,19+/m1/s1. The molecule has 29 heavy (non-hydrogen) atoms. The van der Waals surface area contributed by atoms with Crippen LogP contribution in [0.4, 0.5) is 0 Å². The van der Waals surface area contributed by atoms with Crippen molar-refractivity contribution in [1.82, 2.24) is 0 Å². The van der Waals surface area contributed by atoms with Gasteiger partial charge in [-0.05, 0) is 64.2 Å². The average Bonchev–Trinajstić information content (AvgIpc) is 2.66. The summed E-state index contributed by atoms with van der Waals surface area (Å²) in [5.41, 5.74) is 2.95. The van der Waals surface area contributed by atoms with E-state index in [0.717, 1.165) is 55.4 Å². The predicted octanol–water partition coefficient (Wildman–Crippen LogP) is 4.29. The summed E-state index contributed by atoms with van der Waals surface area (Å²) in [5.74, 6) is 0.754. The van der Waals surface area contributed by atoms with Crippen molar-refractivity contribution in [2.75, 3.05) is 6.61 Å². The van der Waals surface area contributed by atoms with E-state index in [1.54, 1.807) is 0 Å². The van der Waals surface area contributed by atoms with Gasteiger partial charge in [0.2, 0.25) is 0 Å². The summed E-state index contributed by atoms with van der Waals surface area (Å²) in [4.78, 5) is 12.3. The fourth-order valence-electron chi connectivity index (χ4n) is 4.62. The lowest BCUT2D eigenvalue weighted by molar-refractivity contribution is -0.145. The van der Waals surface area contributed by atoms with Crippen LogP contribution in [0.25, 0.3) is 0 Å². The molecular weight excluding hydrogens is 368 g/mol. The highest BCUT2D eigenvalue weighted by atomic mass is 16.6. The topological polar surface area (TPSA) is 76.0 Å². The van der Waals surface area contributed by atoms with E-state index in [0.29, 0.717) is 5.75 Å². The number of hydrogen-bond acceptors (Lipinski definition) is 5. The monoisotopic (exact) mass is 402 g/mol. The molecule has 2 N–H and O–H groups in total. The molecule has 1 aliphatic carbocycles. The maximum absolute atomic E-state index is 12.3. The van der Waals surface area contributed by atoms with Gasteiger partial charge in [-0.25, -0.2) is 4.79 Å². The Bertz CT molecular complexity index is 780. The molecule has 0 fully saturated rings. The van der Waals surface area contributed by atoms with Crippen LogP contribution in [-0.4, -0.2) is 34.5 Å². The first-order chi connectivity index (χ1) is 13.8. The fourth-order valence-corrected chi connectivity index (χ4v) is 4.62. The van der Waals surface area contributed by atoms with Crippen LogP contribution in [-0.2, 0) is 11.2 Å². The Balaban J connectivity index is 2.06. The number of unbranched alkanes of at least 4 members (excludes halogenated alkanes) is 2. The number of allylic oxidation sites excluding steroid dienone is 2. The van der Waals surface area contributed by atoms with Crippen LogP contribution in [0, 0.1) is 5.92 Å². The molecule has 1 heterocycles. The van der Waals surface area contributed by atoms with Gasteiger partial charge in [-0.2, -0.15) is 0 Å². The number of carbonyl (C=O) groups excluding carboxylic acids is 1. The van der Waals surface area contributed by atoms with Gasteiger partial charge in [0, 0.05) is 17.4 Å². The van der Waals surface area contributed by atoms with Crippen LogP contribution in [0.5, 0.6) is 11.5 Å². The number of hydrogen-bond donors (Lipinski definition) is 2. The van der Waals surface area contributed by atoms with Gasteiger partial charge in [0.05, 0.1) is 6.61 Å². The molecule has 5 heteroatoms. The van der Waals surface area contributed by atoms with Gasteiger partial charge in [-0.1, -0.05) is 31.4 Å². The maximum Gasteiger partial charge on any atom is 0.342 e. The minimum atomic E-state index is -1.55. The molecule has 160 valence electrons. The van der Waals surface area contributed by atoms with E-state index in [-0.39, 0.29) is 17.4 Å². The highest BCUT2D eigenvalue weighted by Gasteiger charge is 2.45. The summed E-state index contributed by atoms with van der Waals surface area (Å²) in [7, 11) is 0. The van der Waals surface area contributed by atoms with Gasteiger partial charge < -0.3 is 19.7 Å². The number of benzene rings is 1. The van der Waals surface area contributed by atoms with Gasteiger partial charge in [-0.15, -0.1) is 0 Å². The van der Waals surface area contributed by atoms with Crippen molar-refractivity contribution in [2.45, 2.75) is 83.8 Å². The lowest BCUT2D eigenvalue weighted by Gasteiger charge is -2.46. The second kappa shape index (κ2) is 8.88. The first kappa shape index (κ1) is 21.8. The molecule has 0 spiro atoms. The molecule has 0 saturated heterocycles. The number of aliphatic hydroxyl groups excluding tert-OH is 2. The van der Waals surface area contributed by atoms with Crippen LogP contribution in [0.3, 0.4) is 0 Å². The molecular formula is C24H34O5. The second-order valence-corrected chi connectivity index (χ2v) is 8.97. The molecule has 0 saturated carbocycles. The summed E-state index contributed by atoms with van der Waals surface area (Å²) >= 11 is 0. The van der Waals surface area contributed by atoms with E-state index in [2.05, 4.69) is 39.8 Å². The highest BCUT2D eigenvalue weighted by molar-refractivity contribution is 5.78. The molecule has 1 aromatic carbocycles. The van der Waals surface area contributed by atoms with E-state index in [1.165, 1.54) is 5.57 Å². The van der Waals surface area contributed by atoms with Crippen LogP contribution in [0.2, 0.25) is 0 Å². The van der Waals surface area contributed by atoms with Gasteiger partial charge >= 0.3 is 5.97 Å². The van der Waals surface area contributed by atoms with Crippen molar-refractivity contribution in [3.05, 3.63) is 34.9 Å². The minimum Gasteiger partial charge on any atom is -0.487 e. The fraction of sp³-hybridized carbons (Fsp3) is 0.625. The van der Waals surface area contributed by atoms with E-state index in [4.69, 9.17) is 14.6 Å². The van der Waals surface area contributed by atoms with Gasteiger partial charge in [0.1, 0.15) is 17.1 Å². The number of aryl methyl sites for hydroxylation is 1. The zero-order chi connectivity index (χ0) is 21.2. The number of fused-ring (bicyclic) bond motifs is 3. The number of carbonyl (C=O) groups is 1. The molecule has 1 aliphatic heterocycles. The van der Waals surface area contributed by atoms with Crippen molar-refractivity contribution in [3.63, 3.8) is 0 Å². The Morgan fingerprint density at radius 3 is 2.79 bits per heavy atom. The molecule has 3 rings (SSSR count). The Kier molecular flexibility index (Phi) is 6.69. The molecule has 0 amide bonds. The Labute approximate surface area is 173 Å². The Hall–Kier alpha value is -1.85. The predicted molar refractivity (Wildman–Crippen MR) is 112 cm³/mol. The number of esters is 1. The number of aliphatic hydroxyl groups is 2. The number of rotatable bonds is 7. The Morgan fingerprint density at radius 2 is 2.10 bits per heavy atom. The third kappa shape index (κ3) is 4.67. The quantitative estimate of drug-likeness (QED) is 0.308. The van der Waals surface area contributed by atoms with Gasteiger partial charge in [-0.3, -0.25) is 0 Å². The van der Waals surface area contributed by atoms with Crippen molar-refractivity contribution >= 4 is 5.97 Å². The normalized spacial score (nSPS) is 23.3. The van der Waals surface area contributed by atoms with E-state index >= 15 is 0 Å². The summed E-state index contributed by atoms with van der Waals surface area (Å²) in [6.07, 6.45) is 6.97. The van der Waals surface area contributed by atoms with Gasteiger partial charge in [0.15, 0.2) is 6.10 Å².